The molecule has 0 amide bonds. The van der Waals surface area contributed by atoms with Crippen LogP contribution in [0.25, 0.3) is 0 Å². The Morgan fingerprint density at radius 2 is 2.00 bits per heavy atom. The largest absolute Gasteiger partial charge is 0.396 e. The number of benzene rings is 1. The number of aryl methyl sites for hydroxylation is 1. The maximum Gasteiger partial charge on any atom is 0.0438 e. The Balaban J connectivity index is 2.47. The van der Waals surface area contributed by atoms with Crippen LogP contribution in [0, 0.1) is 0 Å². The first-order valence-electron chi connectivity index (χ1n) is 6.26. The predicted octanol–water partition coefficient (Wildman–Crippen LogP) is 2.63. The van der Waals surface area contributed by atoms with Crippen LogP contribution in [0.5, 0.6) is 0 Å². The van der Waals surface area contributed by atoms with Crippen LogP contribution in [0.2, 0.25) is 0 Å². The summed E-state index contributed by atoms with van der Waals surface area (Å²) in [5.41, 5.74) is 2.73. The van der Waals surface area contributed by atoms with E-state index in [1.165, 1.54) is 11.1 Å². The van der Waals surface area contributed by atoms with Crippen LogP contribution in [0.3, 0.4) is 0 Å². The lowest BCUT2D eigenvalue weighted by atomic mass is 10.1. The normalized spacial score (nSPS) is 12.6. The molecule has 3 heteroatoms. The molecule has 0 aliphatic rings. The number of rotatable bonds is 8. The van der Waals surface area contributed by atoms with Gasteiger partial charge in [0, 0.05) is 18.4 Å². The Bertz CT molecular complexity index is 300. The fraction of sp³-hybridized carbons (Fsp3) is 0.571. The van der Waals surface area contributed by atoms with Gasteiger partial charge in [0.2, 0.25) is 0 Å². The van der Waals surface area contributed by atoms with Crippen LogP contribution in [-0.2, 0) is 6.42 Å². The zero-order valence-corrected chi connectivity index (χ0v) is 11.6. The Labute approximate surface area is 109 Å². The number of nitrogens with one attached hydrogen (secondary N) is 1. The molecule has 0 saturated carbocycles. The maximum absolute atomic E-state index is 8.73. The van der Waals surface area contributed by atoms with Gasteiger partial charge in [0.15, 0.2) is 0 Å². The minimum atomic E-state index is 0.294. The molecule has 0 aromatic heterocycles. The maximum atomic E-state index is 8.73. The highest BCUT2D eigenvalue weighted by atomic mass is 32.2. The number of thioether (sulfide) groups is 1. The van der Waals surface area contributed by atoms with Gasteiger partial charge in [0.05, 0.1) is 0 Å². The summed E-state index contributed by atoms with van der Waals surface area (Å²) in [5.74, 6) is 2.09. The third kappa shape index (κ3) is 5.11. The second-order valence-corrected chi connectivity index (χ2v) is 5.24. The molecule has 0 heterocycles. The van der Waals surface area contributed by atoms with Crippen LogP contribution in [0.4, 0.5) is 0 Å². The molecule has 0 fully saturated rings. The summed E-state index contributed by atoms with van der Waals surface area (Å²) in [6.07, 6.45) is 1.98. The van der Waals surface area contributed by atoms with E-state index in [9.17, 15) is 0 Å². The summed E-state index contributed by atoms with van der Waals surface area (Å²) in [6, 6.07) is 9.25. The summed E-state index contributed by atoms with van der Waals surface area (Å²) in [6.45, 7) is 2.47. The van der Waals surface area contributed by atoms with Gasteiger partial charge in [-0.05, 0) is 36.8 Å². The van der Waals surface area contributed by atoms with Crippen LogP contribution in [-0.4, -0.2) is 30.3 Å². The Kier molecular flexibility index (Phi) is 7.33. The molecule has 2 N–H and O–H groups in total. The summed E-state index contributed by atoms with van der Waals surface area (Å²) in [5, 5.41) is 12.1. The van der Waals surface area contributed by atoms with Gasteiger partial charge >= 0.3 is 0 Å². The van der Waals surface area contributed by atoms with E-state index in [1.807, 2.05) is 18.8 Å². The van der Waals surface area contributed by atoms with Crippen molar-refractivity contribution in [3.05, 3.63) is 35.4 Å². The molecule has 1 aromatic rings. The van der Waals surface area contributed by atoms with E-state index in [4.69, 9.17) is 5.11 Å². The van der Waals surface area contributed by atoms with E-state index in [-0.39, 0.29) is 0 Å². The second kappa shape index (κ2) is 8.56. The average Bonchev–Trinajstić information content (AvgIpc) is 2.39. The van der Waals surface area contributed by atoms with E-state index < -0.39 is 0 Å². The van der Waals surface area contributed by atoms with Crippen molar-refractivity contribution >= 4 is 11.8 Å². The third-order valence-corrected chi connectivity index (χ3v) is 4.02. The highest BCUT2D eigenvalue weighted by Crippen LogP contribution is 2.19. The number of aliphatic hydroxyl groups is 1. The van der Waals surface area contributed by atoms with Gasteiger partial charge in [-0.1, -0.05) is 31.2 Å². The number of hydrogen-bond donors (Lipinski definition) is 2. The van der Waals surface area contributed by atoms with Crippen LogP contribution < -0.4 is 5.32 Å². The highest BCUT2D eigenvalue weighted by Gasteiger charge is 2.08. The fourth-order valence-corrected chi connectivity index (χ4v) is 2.79. The Morgan fingerprint density at radius 3 is 2.53 bits per heavy atom. The summed E-state index contributed by atoms with van der Waals surface area (Å²) >= 11 is 1.89. The smallest absolute Gasteiger partial charge is 0.0438 e. The van der Waals surface area contributed by atoms with Crippen LogP contribution >= 0.6 is 11.8 Å². The standard InChI is InChI=1S/C14H23NOS/c1-3-12-5-7-13(8-6-12)14(15-2)11-17-10-4-9-16/h5-8,14-16H,3-4,9-11H2,1-2H3. The molecule has 0 saturated heterocycles. The average molecular weight is 253 g/mol. The molecule has 1 unspecified atom stereocenters. The monoisotopic (exact) mass is 253 g/mol. The highest BCUT2D eigenvalue weighted by molar-refractivity contribution is 7.99. The van der Waals surface area contributed by atoms with Crippen molar-refractivity contribution in [2.75, 3.05) is 25.2 Å². The zero-order valence-electron chi connectivity index (χ0n) is 10.8. The molecule has 0 bridgehead atoms. The number of hydrogen-bond acceptors (Lipinski definition) is 3. The summed E-state index contributed by atoms with van der Waals surface area (Å²) in [4.78, 5) is 0. The van der Waals surface area contributed by atoms with E-state index in [0.717, 1.165) is 24.3 Å². The number of aliphatic hydroxyl groups excluding tert-OH is 1. The minimum Gasteiger partial charge on any atom is -0.396 e. The molecule has 1 aromatic carbocycles. The van der Waals surface area contributed by atoms with Crippen molar-refractivity contribution in [3.8, 4) is 0 Å². The molecular formula is C14H23NOS. The van der Waals surface area contributed by atoms with Gasteiger partial charge in [-0.3, -0.25) is 0 Å². The Hall–Kier alpha value is -0.510. The Morgan fingerprint density at radius 1 is 1.29 bits per heavy atom. The van der Waals surface area contributed by atoms with Crippen molar-refractivity contribution in [1.82, 2.24) is 5.32 Å². The quantitative estimate of drug-likeness (QED) is 0.699. The molecule has 96 valence electrons. The van der Waals surface area contributed by atoms with Gasteiger partial charge < -0.3 is 10.4 Å². The molecule has 0 spiro atoms. The van der Waals surface area contributed by atoms with Crippen LogP contribution in [0.1, 0.15) is 30.5 Å². The van der Waals surface area contributed by atoms with Crippen molar-refractivity contribution in [1.29, 1.82) is 0 Å². The second-order valence-electron chi connectivity index (χ2n) is 4.09. The van der Waals surface area contributed by atoms with Gasteiger partial charge in [-0.2, -0.15) is 11.8 Å². The van der Waals surface area contributed by atoms with Crippen molar-refractivity contribution in [2.45, 2.75) is 25.8 Å². The molecule has 2 nitrogen and oxygen atoms in total. The van der Waals surface area contributed by atoms with Crippen LogP contribution in [0.15, 0.2) is 24.3 Å². The lowest BCUT2D eigenvalue weighted by Crippen LogP contribution is -2.19. The lowest BCUT2D eigenvalue weighted by molar-refractivity contribution is 0.296. The lowest BCUT2D eigenvalue weighted by Gasteiger charge is -2.16. The van der Waals surface area contributed by atoms with E-state index in [2.05, 4.69) is 36.5 Å². The van der Waals surface area contributed by atoms with Crippen molar-refractivity contribution in [2.24, 2.45) is 0 Å². The van der Waals surface area contributed by atoms with Gasteiger partial charge in [0.25, 0.3) is 0 Å². The fourth-order valence-electron chi connectivity index (χ4n) is 1.70. The molecule has 0 radical (unpaired) electrons. The van der Waals surface area contributed by atoms with Gasteiger partial charge in [0.1, 0.15) is 0 Å². The first kappa shape index (κ1) is 14.6. The summed E-state index contributed by atoms with van der Waals surface area (Å²) < 4.78 is 0. The predicted molar refractivity (Wildman–Crippen MR) is 76.6 cm³/mol. The minimum absolute atomic E-state index is 0.294. The topological polar surface area (TPSA) is 32.3 Å². The van der Waals surface area contributed by atoms with Gasteiger partial charge in [-0.25, -0.2) is 0 Å². The first-order valence-corrected chi connectivity index (χ1v) is 7.42. The van der Waals surface area contributed by atoms with Crippen molar-refractivity contribution < 1.29 is 5.11 Å². The van der Waals surface area contributed by atoms with E-state index in [0.29, 0.717) is 12.6 Å². The molecule has 1 rings (SSSR count). The van der Waals surface area contributed by atoms with Gasteiger partial charge in [-0.15, -0.1) is 0 Å². The molecule has 17 heavy (non-hydrogen) atoms. The molecule has 1 atom stereocenters. The molecular weight excluding hydrogens is 230 g/mol. The zero-order chi connectivity index (χ0) is 12.5. The SMILES string of the molecule is CCc1ccc(C(CSCCCO)NC)cc1. The van der Waals surface area contributed by atoms with E-state index >= 15 is 0 Å². The first-order chi connectivity index (χ1) is 8.31. The van der Waals surface area contributed by atoms with Crippen molar-refractivity contribution in [3.63, 3.8) is 0 Å². The van der Waals surface area contributed by atoms with E-state index in [1.54, 1.807) is 0 Å². The summed E-state index contributed by atoms with van der Waals surface area (Å²) in [7, 11) is 2.00. The third-order valence-electron chi connectivity index (χ3n) is 2.87. The molecule has 0 aliphatic carbocycles. The molecule has 0 aliphatic heterocycles.